The molecular weight excluding hydrogens is 367 g/mol. The highest BCUT2D eigenvalue weighted by Gasteiger charge is 2.09. The lowest BCUT2D eigenvalue weighted by Crippen LogP contribution is -2.24. The molecule has 0 aliphatic carbocycles. The van der Waals surface area contributed by atoms with Crippen molar-refractivity contribution in [1.29, 1.82) is 5.26 Å². The Balaban J connectivity index is 2.45. The number of pyridine rings is 1. The molecule has 7 heteroatoms. The maximum atomic E-state index is 11.9. The van der Waals surface area contributed by atoms with Crippen LogP contribution in [0.1, 0.15) is 11.3 Å². The standard InChI is InChI=1S/C11H6ClIN4O/c12-10-9(13)11(18)17(6-16-10)5-7-2-1-3-15-8(7)4-14/h1-3,6H,5H2. The van der Waals surface area contributed by atoms with Gasteiger partial charge < -0.3 is 0 Å². The van der Waals surface area contributed by atoms with Crippen molar-refractivity contribution in [3.63, 3.8) is 0 Å². The lowest BCUT2D eigenvalue weighted by Gasteiger charge is -2.07. The third-order valence-corrected chi connectivity index (χ3v) is 3.86. The number of nitrogens with zero attached hydrogens (tertiary/aromatic N) is 4. The van der Waals surface area contributed by atoms with Gasteiger partial charge in [0.1, 0.15) is 20.5 Å². The molecule has 0 bridgehead atoms. The first-order valence-electron chi connectivity index (χ1n) is 4.88. The molecule has 0 saturated heterocycles. The molecule has 2 heterocycles. The van der Waals surface area contributed by atoms with Crippen LogP contribution in [-0.4, -0.2) is 14.5 Å². The third kappa shape index (κ3) is 2.52. The molecule has 90 valence electrons. The minimum absolute atomic E-state index is 0.184. The monoisotopic (exact) mass is 372 g/mol. The molecule has 0 radical (unpaired) electrons. The van der Waals surface area contributed by atoms with E-state index in [1.54, 1.807) is 12.1 Å². The SMILES string of the molecule is N#Cc1ncccc1Cn1cnc(Cl)c(I)c1=O. The van der Waals surface area contributed by atoms with Gasteiger partial charge in [0.25, 0.3) is 5.56 Å². The zero-order valence-corrected chi connectivity index (χ0v) is 11.9. The summed E-state index contributed by atoms with van der Waals surface area (Å²) in [5, 5.41) is 9.11. The van der Waals surface area contributed by atoms with Crippen LogP contribution in [0.4, 0.5) is 0 Å². The maximum Gasteiger partial charge on any atom is 0.268 e. The quantitative estimate of drug-likeness (QED) is 0.595. The first-order valence-corrected chi connectivity index (χ1v) is 6.33. The molecule has 0 aliphatic heterocycles. The fourth-order valence-electron chi connectivity index (χ4n) is 1.41. The van der Waals surface area contributed by atoms with E-state index in [9.17, 15) is 4.79 Å². The fraction of sp³-hybridized carbons (Fsp3) is 0.0909. The highest BCUT2D eigenvalue weighted by Crippen LogP contribution is 2.11. The second-order valence-electron chi connectivity index (χ2n) is 3.41. The summed E-state index contributed by atoms with van der Waals surface area (Å²) in [6.45, 7) is 0.246. The van der Waals surface area contributed by atoms with Gasteiger partial charge in [-0.3, -0.25) is 9.36 Å². The average molecular weight is 373 g/mol. The molecule has 0 aliphatic rings. The second kappa shape index (κ2) is 5.46. The van der Waals surface area contributed by atoms with E-state index in [1.807, 2.05) is 28.7 Å². The van der Waals surface area contributed by atoms with Crippen molar-refractivity contribution in [2.24, 2.45) is 0 Å². The van der Waals surface area contributed by atoms with Crippen LogP contribution in [-0.2, 0) is 6.54 Å². The smallest absolute Gasteiger partial charge is 0.268 e. The molecule has 0 fully saturated rings. The van der Waals surface area contributed by atoms with Crippen molar-refractivity contribution >= 4 is 34.2 Å². The van der Waals surface area contributed by atoms with Crippen molar-refractivity contribution in [1.82, 2.24) is 14.5 Å². The number of halogens is 2. The lowest BCUT2D eigenvalue weighted by molar-refractivity contribution is 0.726. The predicted octanol–water partition coefficient (Wildman–Crippen LogP) is 1.82. The van der Waals surface area contributed by atoms with Crippen molar-refractivity contribution in [2.45, 2.75) is 6.54 Å². The molecular formula is C11H6ClIN4O. The summed E-state index contributed by atoms with van der Waals surface area (Å²) in [4.78, 5) is 19.8. The molecule has 2 aromatic rings. The minimum atomic E-state index is -0.233. The van der Waals surface area contributed by atoms with E-state index in [4.69, 9.17) is 16.9 Å². The Morgan fingerprint density at radius 1 is 1.50 bits per heavy atom. The molecule has 5 nitrogen and oxygen atoms in total. The normalized spacial score (nSPS) is 10.1. The van der Waals surface area contributed by atoms with Crippen molar-refractivity contribution in [2.75, 3.05) is 0 Å². The van der Waals surface area contributed by atoms with Crippen molar-refractivity contribution < 1.29 is 0 Å². The summed E-state index contributed by atoms with van der Waals surface area (Å²) >= 11 is 7.60. The predicted molar refractivity (Wildman–Crippen MR) is 74.3 cm³/mol. The topological polar surface area (TPSA) is 71.6 Å². The average Bonchev–Trinajstić information content (AvgIpc) is 2.40. The molecule has 0 N–H and O–H groups in total. The first kappa shape index (κ1) is 13.0. The van der Waals surface area contributed by atoms with E-state index in [2.05, 4.69) is 9.97 Å². The fourth-order valence-corrected chi connectivity index (χ4v) is 1.98. The Morgan fingerprint density at radius 3 is 3.00 bits per heavy atom. The summed E-state index contributed by atoms with van der Waals surface area (Å²) in [6, 6.07) is 5.45. The van der Waals surface area contributed by atoms with Gasteiger partial charge in [-0.2, -0.15) is 5.26 Å². The molecule has 0 amide bonds. The highest BCUT2D eigenvalue weighted by molar-refractivity contribution is 14.1. The summed E-state index contributed by atoms with van der Waals surface area (Å²) in [5.74, 6) is 0. The van der Waals surface area contributed by atoms with Gasteiger partial charge in [-0.25, -0.2) is 9.97 Å². The number of aromatic nitrogens is 3. The van der Waals surface area contributed by atoms with Crippen LogP contribution in [0.3, 0.4) is 0 Å². The Labute approximate surface area is 121 Å². The Kier molecular flexibility index (Phi) is 3.93. The molecule has 0 spiro atoms. The number of hydrogen-bond acceptors (Lipinski definition) is 4. The lowest BCUT2D eigenvalue weighted by atomic mass is 10.2. The summed E-state index contributed by atoms with van der Waals surface area (Å²) in [6.07, 6.45) is 2.90. The first-order chi connectivity index (χ1) is 8.63. The van der Waals surface area contributed by atoms with Crippen LogP contribution in [0.2, 0.25) is 5.15 Å². The Hall–Kier alpha value is -1.46. The Morgan fingerprint density at radius 2 is 2.28 bits per heavy atom. The van der Waals surface area contributed by atoms with E-state index in [-0.39, 0.29) is 17.3 Å². The highest BCUT2D eigenvalue weighted by atomic mass is 127. The van der Waals surface area contributed by atoms with E-state index in [1.165, 1.54) is 17.1 Å². The van der Waals surface area contributed by atoms with Crippen LogP contribution in [0.25, 0.3) is 0 Å². The van der Waals surface area contributed by atoms with Gasteiger partial charge in [0.05, 0.1) is 12.9 Å². The van der Waals surface area contributed by atoms with E-state index in [0.29, 0.717) is 14.8 Å². The van der Waals surface area contributed by atoms with Gasteiger partial charge in [-0.05, 0) is 28.7 Å². The van der Waals surface area contributed by atoms with Gasteiger partial charge in [0, 0.05) is 11.8 Å². The number of hydrogen-bond donors (Lipinski definition) is 0. The third-order valence-electron chi connectivity index (χ3n) is 2.28. The molecule has 18 heavy (non-hydrogen) atoms. The van der Waals surface area contributed by atoms with Gasteiger partial charge in [0.2, 0.25) is 0 Å². The molecule has 0 aromatic carbocycles. The van der Waals surface area contributed by atoms with Crippen LogP contribution in [0, 0.1) is 14.9 Å². The van der Waals surface area contributed by atoms with Gasteiger partial charge in [-0.1, -0.05) is 17.7 Å². The van der Waals surface area contributed by atoms with E-state index < -0.39 is 0 Å². The summed E-state index contributed by atoms with van der Waals surface area (Å²) in [5.41, 5.74) is 0.736. The molecule has 0 atom stereocenters. The molecule has 2 aromatic heterocycles. The summed E-state index contributed by atoms with van der Waals surface area (Å²) < 4.78 is 1.75. The largest absolute Gasteiger partial charge is 0.294 e. The Bertz CT molecular complexity index is 692. The zero-order valence-electron chi connectivity index (χ0n) is 8.97. The van der Waals surface area contributed by atoms with Crippen LogP contribution >= 0.6 is 34.2 Å². The van der Waals surface area contributed by atoms with Crippen molar-refractivity contribution in [3.8, 4) is 6.07 Å². The van der Waals surface area contributed by atoms with Gasteiger partial charge >= 0.3 is 0 Å². The van der Waals surface area contributed by atoms with Crippen LogP contribution < -0.4 is 5.56 Å². The van der Waals surface area contributed by atoms with E-state index in [0.717, 1.165) is 0 Å². The second-order valence-corrected chi connectivity index (χ2v) is 4.84. The van der Waals surface area contributed by atoms with Crippen LogP contribution in [0.5, 0.6) is 0 Å². The molecule has 0 saturated carbocycles. The number of rotatable bonds is 2. The van der Waals surface area contributed by atoms with Gasteiger partial charge in [-0.15, -0.1) is 0 Å². The number of nitriles is 1. The van der Waals surface area contributed by atoms with Crippen LogP contribution in [0.15, 0.2) is 29.5 Å². The maximum absolute atomic E-state index is 11.9. The molecule has 0 unspecified atom stereocenters. The zero-order chi connectivity index (χ0) is 13.1. The van der Waals surface area contributed by atoms with Crippen molar-refractivity contribution in [3.05, 3.63) is 55.0 Å². The summed E-state index contributed by atoms with van der Waals surface area (Å²) in [7, 11) is 0. The van der Waals surface area contributed by atoms with Gasteiger partial charge in [0.15, 0.2) is 0 Å². The molecule has 2 rings (SSSR count). The minimum Gasteiger partial charge on any atom is -0.294 e. The van der Waals surface area contributed by atoms with E-state index >= 15 is 0 Å².